The van der Waals surface area contributed by atoms with E-state index in [-0.39, 0.29) is 0 Å². The van der Waals surface area contributed by atoms with Gasteiger partial charge in [0.1, 0.15) is 0 Å². The molecular formula is C13H20BrNO. The van der Waals surface area contributed by atoms with E-state index in [9.17, 15) is 0 Å². The zero-order valence-corrected chi connectivity index (χ0v) is 11.6. The predicted octanol–water partition coefficient (Wildman–Crippen LogP) is 3.53. The Kier molecular flexibility index (Phi) is 6.69. The average Bonchev–Trinajstić information content (AvgIpc) is 2.28. The second-order valence-electron chi connectivity index (χ2n) is 3.80. The summed E-state index contributed by atoms with van der Waals surface area (Å²) in [5.74, 6) is 0. The van der Waals surface area contributed by atoms with Crippen molar-refractivity contribution in [2.75, 3.05) is 20.3 Å². The van der Waals surface area contributed by atoms with Crippen molar-refractivity contribution in [2.24, 2.45) is 0 Å². The zero-order chi connectivity index (χ0) is 11.8. The third-order valence-corrected chi connectivity index (χ3v) is 3.04. The number of benzene rings is 1. The SMILES string of the molecule is CCNC(CCCOC)c1cccc(Br)c1. The molecule has 0 heterocycles. The van der Waals surface area contributed by atoms with Crippen LogP contribution < -0.4 is 5.32 Å². The number of rotatable bonds is 7. The van der Waals surface area contributed by atoms with Crippen molar-refractivity contribution in [2.45, 2.75) is 25.8 Å². The maximum Gasteiger partial charge on any atom is 0.0462 e. The first-order valence-corrected chi connectivity index (χ1v) is 6.55. The van der Waals surface area contributed by atoms with Crippen LogP contribution in [0.1, 0.15) is 31.4 Å². The van der Waals surface area contributed by atoms with E-state index in [1.165, 1.54) is 5.56 Å². The molecule has 0 aliphatic heterocycles. The summed E-state index contributed by atoms with van der Waals surface area (Å²) in [6, 6.07) is 8.92. The molecule has 0 aliphatic carbocycles. The second kappa shape index (κ2) is 7.82. The molecule has 2 nitrogen and oxygen atoms in total. The summed E-state index contributed by atoms with van der Waals surface area (Å²) >= 11 is 3.51. The van der Waals surface area contributed by atoms with Crippen molar-refractivity contribution >= 4 is 15.9 Å². The molecule has 1 unspecified atom stereocenters. The van der Waals surface area contributed by atoms with E-state index >= 15 is 0 Å². The van der Waals surface area contributed by atoms with E-state index in [0.29, 0.717) is 6.04 Å². The lowest BCUT2D eigenvalue weighted by Crippen LogP contribution is -2.21. The van der Waals surface area contributed by atoms with E-state index in [1.54, 1.807) is 7.11 Å². The molecule has 1 aromatic carbocycles. The molecule has 0 saturated heterocycles. The van der Waals surface area contributed by atoms with Gasteiger partial charge in [0.05, 0.1) is 0 Å². The molecule has 0 aliphatic rings. The Labute approximate surface area is 107 Å². The van der Waals surface area contributed by atoms with Crippen LogP contribution in [0.15, 0.2) is 28.7 Å². The van der Waals surface area contributed by atoms with E-state index in [4.69, 9.17) is 4.74 Å². The van der Waals surface area contributed by atoms with Gasteiger partial charge in [0.25, 0.3) is 0 Å². The predicted molar refractivity (Wildman–Crippen MR) is 71.7 cm³/mol. The van der Waals surface area contributed by atoms with Gasteiger partial charge < -0.3 is 10.1 Å². The normalized spacial score (nSPS) is 12.7. The summed E-state index contributed by atoms with van der Waals surface area (Å²) < 4.78 is 6.23. The fourth-order valence-electron chi connectivity index (χ4n) is 1.79. The van der Waals surface area contributed by atoms with E-state index in [1.807, 2.05) is 0 Å². The second-order valence-corrected chi connectivity index (χ2v) is 4.72. The van der Waals surface area contributed by atoms with Crippen LogP contribution in [0.25, 0.3) is 0 Å². The Morgan fingerprint density at radius 3 is 2.88 bits per heavy atom. The molecular weight excluding hydrogens is 266 g/mol. The number of hydrogen-bond donors (Lipinski definition) is 1. The zero-order valence-electron chi connectivity index (χ0n) is 10.0. The van der Waals surface area contributed by atoms with E-state index in [2.05, 4.69) is 52.4 Å². The smallest absolute Gasteiger partial charge is 0.0462 e. The quantitative estimate of drug-likeness (QED) is 0.774. The fourth-order valence-corrected chi connectivity index (χ4v) is 2.21. The van der Waals surface area contributed by atoms with Crippen molar-refractivity contribution in [1.82, 2.24) is 5.32 Å². The van der Waals surface area contributed by atoms with Crippen LogP contribution >= 0.6 is 15.9 Å². The minimum atomic E-state index is 0.428. The van der Waals surface area contributed by atoms with Gasteiger partial charge in [0.2, 0.25) is 0 Å². The lowest BCUT2D eigenvalue weighted by atomic mass is 10.0. The molecule has 1 rings (SSSR count). The molecule has 0 amide bonds. The van der Waals surface area contributed by atoms with Crippen LogP contribution in [0.4, 0.5) is 0 Å². The lowest BCUT2D eigenvalue weighted by Gasteiger charge is -2.18. The highest BCUT2D eigenvalue weighted by atomic mass is 79.9. The number of nitrogens with one attached hydrogen (secondary N) is 1. The van der Waals surface area contributed by atoms with Crippen LogP contribution in [0.2, 0.25) is 0 Å². The first-order valence-electron chi connectivity index (χ1n) is 5.75. The first-order chi connectivity index (χ1) is 7.77. The molecule has 0 aromatic heterocycles. The van der Waals surface area contributed by atoms with Crippen LogP contribution in [0.3, 0.4) is 0 Å². The number of hydrogen-bond acceptors (Lipinski definition) is 2. The summed E-state index contributed by atoms with van der Waals surface area (Å²) in [7, 11) is 1.75. The van der Waals surface area contributed by atoms with Crippen LogP contribution in [0.5, 0.6) is 0 Å². The minimum absolute atomic E-state index is 0.428. The van der Waals surface area contributed by atoms with Gasteiger partial charge in [-0.3, -0.25) is 0 Å². The third kappa shape index (κ3) is 4.64. The van der Waals surface area contributed by atoms with Gasteiger partial charge in [-0.15, -0.1) is 0 Å². The van der Waals surface area contributed by atoms with Crippen LogP contribution in [-0.4, -0.2) is 20.3 Å². The van der Waals surface area contributed by atoms with Gasteiger partial charge in [-0.1, -0.05) is 35.0 Å². The maximum absolute atomic E-state index is 5.09. The van der Waals surface area contributed by atoms with Gasteiger partial charge in [0, 0.05) is 24.2 Å². The Balaban J connectivity index is 2.61. The van der Waals surface area contributed by atoms with Crippen molar-refractivity contribution in [3.05, 3.63) is 34.3 Å². The topological polar surface area (TPSA) is 21.3 Å². The summed E-state index contributed by atoms with van der Waals surface area (Å²) in [5, 5.41) is 3.51. The standard InChI is InChI=1S/C13H20BrNO/c1-3-15-13(8-5-9-16-2)11-6-4-7-12(14)10-11/h4,6-7,10,13,15H,3,5,8-9H2,1-2H3. The maximum atomic E-state index is 5.09. The Hall–Kier alpha value is -0.380. The molecule has 3 heteroatoms. The minimum Gasteiger partial charge on any atom is -0.385 e. The Morgan fingerprint density at radius 2 is 2.25 bits per heavy atom. The van der Waals surface area contributed by atoms with Crippen molar-refractivity contribution in [3.63, 3.8) is 0 Å². The highest BCUT2D eigenvalue weighted by Gasteiger charge is 2.09. The number of methoxy groups -OCH3 is 1. The highest BCUT2D eigenvalue weighted by molar-refractivity contribution is 9.10. The van der Waals surface area contributed by atoms with Crippen molar-refractivity contribution in [3.8, 4) is 0 Å². The highest BCUT2D eigenvalue weighted by Crippen LogP contribution is 2.21. The summed E-state index contributed by atoms with van der Waals surface area (Å²) in [5.41, 5.74) is 1.34. The molecule has 1 aromatic rings. The number of halogens is 1. The first kappa shape index (κ1) is 13.7. The number of ether oxygens (including phenoxy) is 1. The monoisotopic (exact) mass is 285 g/mol. The van der Waals surface area contributed by atoms with Crippen LogP contribution in [-0.2, 0) is 4.74 Å². The summed E-state index contributed by atoms with van der Waals surface area (Å²) in [4.78, 5) is 0. The Bertz CT molecular complexity index is 304. The van der Waals surface area contributed by atoms with Gasteiger partial charge >= 0.3 is 0 Å². The van der Waals surface area contributed by atoms with Gasteiger partial charge in [-0.25, -0.2) is 0 Å². The average molecular weight is 286 g/mol. The molecule has 1 atom stereocenters. The molecule has 16 heavy (non-hydrogen) atoms. The largest absolute Gasteiger partial charge is 0.385 e. The van der Waals surface area contributed by atoms with Gasteiger partial charge in [-0.2, -0.15) is 0 Å². The molecule has 90 valence electrons. The molecule has 0 bridgehead atoms. The van der Waals surface area contributed by atoms with Crippen molar-refractivity contribution in [1.29, 1.82) is 0 Å². The summed E-state index contributed by atoms with van der Waals surface area (Å²) in [6.45, 7) is 3.96. The fraction of sp³-hybridized carbons (Fsp3) is 0.538. The van der Waals surface area contributed by atoms with Gasteiger partial charge in [0.15, 0.2) is 0 Å². The van der Waals surface area contributed by atoms with Gasteiger partial charge in [-0.05, 0) is 37.1 Å². The van der Waals surface area contributed by atoms with Crippen LogP contribution in [0, 0.1) is 0 Å². The Morgan fingerprint density at radius 1 is 1.44 bits per heavy atom. The van der Waals surface area contributed by atoms with Crippen molar-refractivity contribution < 1.29 is 4.74 Å². The third-order valence-electron chi connectivity index (χ3n) is 2.54. The molecule has 1 N–H and O–H groups in total. The molecule has 0 spiro atoms. The lowest BCUT2D eigenvalue weighted by molar-refractivity contribution is 0.189. The molecule has 0 saturated carbocycles. The summed E-state index contributed by atoms with van der Waals surface area (Å²) in [6.07, 6.45) is 2.19. The van der Waals surface area contributed by atoms with E-state index in [0.717, 1.165) is 30.5 Å². The van der Waals surface area contributed by atoms with E-state index < -0.39 is 0 Å². The molecule has 0 fully saturated rings. The molecule has 0 radical (unpaired) electrons.